The van der Waals surface area contributed by atoms with Crippen LogP contribution >= 0.6 is 0 Å². The number of β-amino-alcohol motifs (C(OH)–C–C–N with tert-alkyl or cyclic N) is 1. The van der Waals surface area contributed by atoms with Crippen LogP contribution in [0.3, 0.4) is 0 Å². The maximum atomic E-state index is 13.2. The highest BCUT2D eigenvalue weighted by Gasteiger charge is 2.33. The van der Waals surface area contributed by atoms with E-state index in [1.807, 2.05) is 17.9 Å². The lowest BCUT2D eigenvalue weighted by atomic mass is 9.97. The molecule has 3 aliphatic rings. The van der Waals surface area contributed by atoms with E-state index in [0.29, 0.717) is 38.3 Å². The number of carbonyl (C=O) groups excluding carboxylic acids is 1. The van der Waals surface area contributed by atoms with Gasteiger partial charge in [0.2, 0.25) is 0 Å². The molecule has 2 atom stereocenters. The van der Waals surface area contributed by atoms with E-state index in [9.17, 15) is 9.90 Å². The zero-order valence-electron chi connectivity index (χ0n) is 18.0. The number of anilines is 1. The minimum absolute atomic E-state index is 0.0167. The average Bonchev–Trinajstić information content (AvgIpc) is 2.74. The van der Waals surface area contributed by atoms with Gasteiger partial charge in [0.15, 0.2) is 0 Å². The van der Waals surface area contributed by atoms with Gasteiger partial charge in [-0.1, -0.05) is 24.3 Å². The number of benzene rings is 1. The normalized spacial score (nSPS) is 22.5. The molecule has 2 unspecified atom stereocenters. The van der Waals surface area contributed by atoms with Gasteiger partial charge < -0.3 is 20.1 Å². The van der Waals surface area contributed by atoms with Crippen LogP contribution in [0.5, 0.6) is 0 Å². The maximum absolute atomic E-state index is 13.2. The second-order valence-electron chi connectivity index (χ2n) is 9.02. The minimum Gasteiger partial charge on any atom is -0.390 e. The number of carbonyl (C=O) groups is 1. The van der Waals surface area contributed by atoms with E-state index in [4.69, 9.17) is 4.74 Å². The van der Waals surface area contributed by atoms with Gasteiger partial charge in [0.1, 0.15) is 0 Å². The van der Waals surface area contributed by atoms with Gasteiger partial charge in [-0.15, -0.1) is 0 Å². The summed E-state index contributed by atoms with van der Waals surface area (Å²) in [6, 6.07) is 10.7. The number of nitrogens with zero attached hydrogens (tertiary/aromatic N) is 3. The fraction of sp³-hybridized carbons (Fsp3) is 0.500. The van der Waals surface area contributed by atoms with Crippen molar-refractivity contribution in [1.29, 1.82) is 0 Å². The van der Waals surface area contributed by atoms with Gasteiger partial charge in [-0.3, -0.25) is 14.7 Å². The second-order valence-corrected chi connectivity index (χ2v) is 9.02. The number of amides is 1. The van der Waals surface area contributed by atoms with Crippen LogP contribution in [-0.2, 0) is 24.1 Å². The van der Waals surface area contributed by atoms with Crippen molar-refractivity contribution in [3.63, 3.8) is 0 Å². The molecule has 7 heteroatoms. The van der Waals surface area contributed by atoms with E-state index in [1.165, 1.54) is 11.1 Å². The number of aliphatic hydroxyl groups is 1. The summed E-state index contributed by atoms with van der Waals surface area (Å²) in [5.41, 5.74) is 5.06. The van der Waals surface area contributed by atoms with Crippen LogP contribution in [-0.4, -0.2) is 76.8 Å². The molecule has 4 heterocycles. The summed E-state index contributed by atoms with van der Waals surface area (Å²) < 4.78 is 5.21. The van der Waals surface area contributed by atoms with Crippen LogP contribution < -0.4 is 5.32 Å². The number of nitrogens with one attached hydrogen (secondary N) is 1. The topological polar surface area (TPSA) is 77.9 Å². The van der Waals surface area contributed by atoms with Gasteiger partial charge in [-0.25, -0.2) is 0 Å². The first-order chi connectivity index (χ1) is 15.1. The van der Waals surface area contributed by atoms with Gasteiger partial charge in [0.05, 0.1) is 48.5 Å². The maximum Gasteiger partial charge on any atom is 0.256 e. The lowest BCUT2D eigenvalue weighted by Crippen LogP contribution is -2.50. The molecule has 164 valence electrons. The number of rotatable bonds is 6. The number of pyridine rings is 1. The van der Waals surface area contributed by atoms with Crippen LogP contribution in [0.25, 0.3) is 0 Å². The van der Waals surface area contributed by atoms with Crippen LogP contribution in [0.4, 0.5) is 5.69 Å². The van der Waals surface area contributed by atoms with Crippen LogP contribution in [0.2, 0.25) is 0 Å². The molecule has 7 nitrogen and oxygen atoms in total. The molecule has 1 amide bonds. The van der Waals surface area contributed by atoms with Crippen LogP contribution in [0.15, 0.2) is 36.5 Å². The largest absolute Gasteiger partial charge is 0.390 e. The van der Waals surface area contributed by atoms with Gasteiger partial charge in [0, 0.05) is 38.6 Å². The zero-order valence-corrected chi connectivity index (χ0v) is 18.0. The fourth-order valence-corrected chi connectivity index (χ4v) is 4.78. The Bertz CT molecular complexity index is 962. The first-order valence-electron chi connectivity index (χ1n) is 11.2. The summed E-state index contributed by atoms with van der Waals surface area (Å²) in [5.74, 6) is -0.0437. The van der Waals surface area contributed by atoms with E-state index in [2.05, 4.69) is 39.5 Å². The molecule has 31 heavy (non-hydrogen) atoms. The van der Waals surface area contributed by atoms with Crippen molar-refractivity contribution in [2.24, 2.45) is 0 Å². The average molecular weight is 423 g/mol. The smallest absolute Gasteiger partial charge is 0.256 e. The number of aliphatic hydroxyl groups excluding tert-OH is 1. The van der Waals surface area contributed by atoms with Gasteiger partial charge in [0.25, 0.3) is 5.91 Å². The van der Waals surface area contributed by atoms with Crippen molar-refractivity contribution in [2.45, 2.75) is 44.5 Å². The van der Waals surface area contributed by atoms with E-state index < -0.39 is 6.10 Å². The molecule has 5 rings (SSSR count). The third-order valence-corrected chi connectivity index (χ3v) is 6.58. The first-order valence-corrected chi connectivity index (χ1v) is 11.2. The highest BCUT2D eigenvalue weighted by atomic mass is 16.5. The summed E-state index contributed by atoms with van der Waals surface area (Å²) in [6.45, 7) is 6.09. The van der Waals surface area contributed by atoms with Gasteiger partial charge in [-0.2, -0.15) is 0 Å². The molecule has 1 aromatic heterocycles. The Hall–Kier alpha value is -2.48. The molecule has 0 spiro atoms. The van der Waals surface area contributed by atoms with E-state index in [0.717, 1.165) is 30.9 Å². The Kier molecular flexibility index (Phi) is 5.65. The van der Waals surface area contributed by atoms with Gasteiger partial charge in [-0.05, 0) is 30.5 Å². The summed E-state index contributed by atoms with van der Waals surface area (Å²) in [5, 5.41) is 14.2. The third-order valence-electron chi connectivity index (χ3n) is 6.58. The van der Waals surface area contributed by atoms with Gasteiger partial charge >= 0.3 is 0 Å². The Balaban J connectivity index is 1.23. The lowest BCUT2D eigenvalue weighted by molar-refractivity contribution is 0.0211. The molecule has 1 fully saturated rings. The highest BCUT2D eigenvalue weighted by molar-refractivity contribution is 5.97. The number of ether oxygens (including phenoxy) is 1. The van der Waals surface area contributed by atoms with E-state index >= 15 is 0 Å². The van der Waals surface area contributed by atoms with Crippen molar-refractivity contribution in [3.05, 3.63) is 58.9 Å². The molecule has 0 aliphatic carbocycles. The Morgan fingerprint density at radius 3 is 2.84 bits per heavy atom. The predicted octanol–water partition coefficient (Wildman–Crippen LogP) is 1.70. The first kappa shape index (κ1) is 20.4. The highest BCUT2D eigenvalue weighted by Crippen LogP contribution is 2.26. The number of aromatic nitrogens is 1. The quantitative estimate of drug-likeness (QED) is 0.738. The van der Waals surface area contributed by atoms with Crippen molar-refractivity contribution in [1.82, 2.24) is 14.8 Å². The predicted molar refractivity (Wildman–Crippen MR) is 118 cm³/mol. The zero-order chi connectivity index (χ0) is 21.4. The van der Waals surface area contributed by atoms with Crippen LogP contribution in [0.1, 0.15) is 34.1 Å². The fourth-order valence-electron chi connectivity index (χ4n) is 4.78. The standard InChI is InChI=1S/C24H30N4O3/c1-16-8-23-22(9-19(10-25-23)26-20-14-31-15-20)24(30)28(16)13-21(29)12-27-7-6-17-4-2-3-5-18(17)11-27/h2-5,9-10,16,20-21,26,29H,6-8,11-15H2,1H3. The minimum atomic E-state index is -0.584. The Labute approximate surface area is 183 Å². The van der Waals surface area contributed by atoms with Crippen molar-refractivity contribution in [2.75, 3.05) is 38.2 Å². The molecule has 1 aromatic carbocycles. The molecule has 0 bridgehead atoms. The Morgan fingerprint density at radius 1 is 1.26 bits per heavy atom. The SMILES string of the molecule is CC1Cc2ncc(NC3COC3)cc2C(=O)N1CC(O)CN1CCc2ccccc2C1. The number of hydrogen-bond acceptors (Lipinski definition) is 6. The lowest BCUT2D eigenvalue weighted by Gasteiger charge is -2.37. The third kappa shape index (κ3) is 4.31. The van der Waals surface area contributed by atoms with Crippen molar-refractivity contribution in [3.8, 4) is 0 Å². The molecule has 1 saturated heterocycles. The van der Waals surface area contributed by atoms with E-state index in [-0.39, 0.29) is 18.0 Å². The van der Waals surface area contributed by atoms with Crippen molar-refractivity contribution < 1.29 is 14.6 Å². The number of fused-ring (bicyclic) bond motifs is 2. The molecule has 0 radical (unpaired) electrons. The summed E-state index contributed by atoms with van der Waals surface area (Å²) in [4.78, 5) is 21.9. The molecule has 3 aliphatic heterocycles. The summed E-state index contributed by atoms with van der Waals surface area (Å²) >= 11 is 0. The molecule has 0 saturated carbocycles. The Morgan fingerprint density at radius 2 is 2.06 bits per heavy atom. The van der Waals surface area contributed by atoms with Crippen molar-refractivity contribution >= 4 is 11.6 Å². The molecule has 2 N–H and O–H groups in total. The summed E-state index contributed by atoms with van der Waals surface area (Å²) in [6.07, 6.45) is 2.93. The molecular weight excluding hydrogens is 392 g/mol. The molecular formula is C24H30N4O3. The summed E-state index contributed by atoms with van der Waals surface area (Å²) in [7, 11) is 0. The monoisotopic (exact) mass is 422 g/mol. The van der Waals surface area contributed by atoms with Crippen LogP contribution in [0, 0.1) is 0 Å². The second kappa shape index (κ2) is 8.57. The molecule has 2 aromatic rings. The van der Waals surface area contributed by atoms with E-state index in [1.54, 1.807) is 6.20 Å². The number of hydrogen-bond donors (Lipinski definition) is 2.